The quantitative estimate of drug-likeness (QED) is 0.666. The number of pyridine rings is 1. The number of hydrogen-bond donors (Lipinski definition) is 0. The molecule has 1 aromatic carbocycles. The molecular formula is C22H16N4O3. The molecule has 7 nitrogen and oxygen atoms in total. The average Bonchev–Trinajstić information content (AvgIpc) is 3.06. The summed E-state index contributed by atoms with van der Waals surface area (Å²) in [4.78, 5) is 35.6. The molecule has 3 amide bonds. The van der Waals surface area contributed by atoms with Gasteiger partial charge in [0.25, 0.3) is 0 Å². The number of urea groups is 1. The Morgan fingerprint density at radius 2 is 1.93 bits per heavy atom. The molecule has 1 aliphatic carbocycles. The molecule has 1 unspecified atom stereocenters. The normalized spacial score (nSPS) is 18.7. The van der Waals surface area contributed by atoms with Crippen molar-refractivity contribution in [1.29, 1.82) is 0 Å². The first-order valence-electron chi connectivity index (χ1n) is 9.17. The van der Waals surface area contributed by atoms with Crippen LogP contribution in [0, 0.1) is 19.8 Å². The molecule has 3 heterocycles. The van der Waals surface area contributed by atoms with Crippen LogP contribution in [0.5, 0.6) is 0 Å². The van der Waals surface area contributed by atoms with Crippen LogP contribution >= 0.6 is 0 Å². The smallest absolute Gasteiger partial charge is 0.355 e. The molecule has 2 aromatic heterocycles. The zero-order valence-corrected chi connectivity index (χ0v) is 15.8. The Balaban J connectivity index is 1.59. The predicted octanol–water partition coefficient (Wildman–Crippen LogP) is 4.02. The van der Waals surface area contributed by atoms with Crippen LogP contribution < -0.4 is 4.90 Å². The molecule has 1 atom stereocenters. The van der Waals surface area contributed by atoms with Gasteiger partial charge in [0.15, 0.2) is 0 Å². The first kappa shape index (κ1) is 17.2. The lowest BCUT2D eigenvalue weighted by Crippen LogP contribution is -2.46. The van der Waals surface area contributed by atoms with E-state index in [0.29, 0.717) is 17.2 Å². The first-order chi connectivity index (χ1) is 14.0. The van der Waals surface area contributed by atoms with Crippen LogP contribution in [-0.2, 0) is 4.79 Å². The number of fused-ring (bicyclic) bond motifs is 2. The number of amides is 3. The van der Waals surface area contributed by atoms with Gasteiger partial charge in [-0.25, -0.2) is 9.69 Å². The Hall–Kier alpha value is -3.87. The van der Waals surface area contributed by atoms with E-state index in [1.807, 2.05) is 44.2 Å². The molecule has 0 fully saturated rings. The number of hydrogen-bond acceptors (Lipinski definition) is 5. The van der Waals surface area contributed by atoms with Crippen molar-refractivity contribution in [2.45, 2.75) is 13.8 Å². The van der Waals surface area contributed by atoms with Crippen LogP contribution in [0.3, 0.4) is 0 Å². The Kier molecular flexibility index (Phi) is 3.77. The van der Waals surface area contributed by atoms with Gasteiger partial charge in [0.2, 0.25) is 5.91 Å². The second kappa shape index (κ2) is 6.34. The minimum Gasteiger partial charge on any atom is -0.361 e. The summed E-state index contributed by atoms with van der Waals surface area (Å²) in [7, 11) is 0. The number of anilines is 1. The Labute approximate surface area is 166 Å². The molecule has 0 radical (unpaired) electrons. The topological polar surface area (TPSA) is 88.7 Å². The highest BCUT2D eigenvalue weighted by Gasteiger charge is 2.38. The maximum atomic E-state index is 13.2. The molecule has 29 heavy (non-hydrogen) atoms. The largest absolute Gasteiger partial charge is 0.361 e. The number of carbonyl (C=O) groups excluding carboxylic acids is 2. The third-order valence-corrected chi connectivity index (χ3v) is 5.20. The summed E-state index contributed by atoms with van der Waals surface area (Å²) < 4.78 is 5.23. The number of allylic oxidation sites excluding steroid dienone is 3. The molecule has 0 saturated carbocycles. The van der Waals surface area contributed by atoms with Crippen LogP contribution in [0.1, 0.15) is 17.0 Å². The van der Waals surface area contributed by atoms with E-state index in [9.17, 15) is 9.59 Å². The second-order valence-electron chi connectivity index (χ2n) is 7.01. The summed E-state index contributed by atoms with van der Waals surface area (Å²) in [6.45, 7) is 3.67. The Bertz CT molecular complexity index is 1260. The molecule has 2 aliphatic rings. The van der Waals surface area contributed by atoms with Crippen molar-refractivity contribution in [3.8, 4) is 0 Å². The number of rotatable bonds is 2. The number of carbonyl (C=O) groups is 2. The van der Waals surface area contributed by atoms with Gasteiger partial charge in [-0.15, -0.1) is 0 Å². The van der Waals surface area contributed by atoms with E-state index < -0.39 is 11.9 Å². The lowest BCUT2D eigenvalue weighted by Gasteiger charge is -2.29. The van der Waals surface area contributed by atoms with Crippen LogP contribution in [0.4, 0.5) is 10.5 Å². The van der Waals surface area contributed by atoms with Crippen LogP contribution in [0.25, 0.3) is 16.3 Å². The van der Waals surface area contributed by atoms with E-state index in [1.54, 1.807) is 18.3 Å². The number of aromatic nitrogens is 2. The summed E-state index contributed by atoms with van der Waals surface area (Å²) in [6, 6.07) is 6.87. The molecule has 3 aromatic rings. The third kappa shape index (κ3) is 2.62. The summed E-state index contributed by atoms with van der Waals surface area (Å²) >= 11 is 0. The molecule has 0 bridgehead atoms. The van der Waals surface area contributed by atoms with Crippen molar-refractivity contribution >= 4 is 39.7 Å². The highest BCUT2D eigenvalue weighted by molar-refractivity contribution is 6.33. The van der Waals surface area contributed by atoms with Crippen LogP contribution in [0.2, 0.25) is 0 Å². The molecule has 5 rings (SSSR count). The number of aryl methyl sites for hydroxylation is 2. The molecule has 1 aliphatic heterocycles. The van der Waals surface area contributed by atoms with Crippen molar-refractivity contribution in [2.75, 3.05) is 4.90 Å². The lowest BCUT2D eigenvalue weighted by molar-refractivity contribution is -0.118. The fourth-order valence-electron chi connectivity index (χ4n) is 3.85. The fourth-order valence-corrected chi connectivity index (χ4v) is 3.85. The number of aliphatic imine (C=N–C) groups is 1. The number of benzene rings is 1. The van der Waals surface area contributed by atoms with Crippen molar-refractivity contribution in [2.24, 2.45) is 10.9 Å². The summed E-state index contributed by atoms with van der Waals surface area (Å²) in [5.74, 6) is -0.297. The minimum atomic E-state index is -0.629. The summed E-state index contributed by atoms with van der Waals surface area (Å²) in [5, 5.41) is 5.59. The molecule has 142 valence electrons. The maximum absolute atomic E-state index is 13.2. The Morgan fingerprint density at radius 1 is 1.10 bits per heavy atom. The van der Waals surface area contributed by atoms with Crippen molar-refractivity contribution in [1.82, 2.24) is 10.1 Å². The van der Waals surface area contributed by atoms with Crippen molar-refractivity contribution < 1.29 is 14.1 Å². The third-order valence-electron chi connectivity index (χ3n) is 5.20. The standard InChI is InChI=1S/C22H16N4O3/c1-12-20(13(2)29-25-12)14-7-8-17-18(9-14)24-22(28)26(21(17)27)19-11-23-10-15-5-3-4-6-16(15)19/h3-11,17H,1-2H3. The SMILES string of the molecule is Cc1noc(C)c1C1=CC2=NC(=O)N(c3cncc4ccccc34)C(=O)C2C=C1. The van der Waals surface area contributed by atoms with Gasteiger partial charge in [-0.3, -0.25) is 9.78 Å². The van der Waals surface area contributed by atoms with Crippen LogP contribution in [0.15, 0.2) is 64.4 Å². The highest BCUT2D eigenvalue weighted by Crippen LogP contribution is 2.33. The van der Waals surface area contributed by atoms with Crippen LogP contribution in [-0.4, -0.2) is 27.8 Å². The molecule has 0 N–H and O–H groups in total. The maximum Gasteiger partial charge on any atom is 0.355 e. The number of nitrogens with zero attached hydrogens (tertiary/aromatic N) is 4. The van der Waals surface area contributed by atoms with Gasteiger partial charge in [-0.1, -0.05) is 41.6 Å². The zero-order chi connectivity index (χ0) is 20.1. The van der Waals surface area contributed by atoms with E-state index in [0.717, 1.165) is 32.5 Å². The predicted molar refractivity (Wildman–Crippen MR) is 109 cm³/mol. The van der Waals surface area contributed by atoms with Gasteiger partial charge in [0.1, 0.15) is 5.76 Å². The first-order valence-corrected chi connectivity index (χ1v) is 9.17. The fraction of sp³-hybridized carbons (Fsp3) is 0.136. The summed E-state index contributed by atoms with van der Waals surface area (Å²) in [5.41, 5.74) is 3.27. The van der Waals surface area contributed by atoms with Crippen molar-refractivity contribution in [3.05, 3.63) is 71.9 Å². The minimum absolute atomic E-state index is 0.344. The van der Waals surface area contributed by atoms with E-state index in [4.69, 9.17) is 4.52 Å². The second-order valence-corrected chi connectivity index (χ2v) is 7.01. The van der Waals surface area contributed by atoms with Gasteiger partial charge < -0.3 is 4.52 Å². The number of imide groups is 1. The van der Waals surface area contributed by atoms with E-state index in [-0.39, 0.29) is 5.91 Å². The molecule has 0 spiro atoms. The van der Waals surface area contributed by atoms with Gasteiger partial charge in [0, 0.05) is 22.5 Å². The molecular weight excluding hydrogens is 368 g/mol. The molecule has 0 saturated heterocycles. The van der Waals surface area contributed by atoms with E-state index in [2.05, 4.69) is 15.1 Å². The van der Waals surface area contributed by atoms with Gasteiger partial charge in [0.05, 0.1) is 29.2 Å². The summed E-state index contributed by atoms with van der Waals surface area (Å²) in [6.07, 6.45) is 8.59. The van der Waals surface area contributed by atoms with Crippen molar-refractivity contribution in [3.63, 3.8) is 0 Å². The highest BCUT2D eigenvalue weighted by atomic mass is 16.5. The zero-order valence-electron chi connectivity index (χ0n) is 15.8. The lowest BCUT2D eigenvalue weighted by atomic mass is 9.88. The Morgan fingerprint density at radius 3 is 2.72 bits per heavy atom. The van der Waals surface area contributed by atoms with Gasteiger partial charge in [-0.05, 0) is 25.5 Å². The molecule has 7 heteroatoms. The van der Waals surface area contributed by atoms with Gasteiger partial charge >= 0.3 is 6.03 Å². The van der Waals surface area contributed by atoms with Gasteiger partial charge in [-0.2, -0.15) is 4.99 Å². The van der Waals surface area contributed by atoms with E-state index >= 15 is 0 Å². The van der Waals surface area contributed by atoms with E-state index in [1.165, 1.54) is 6.20 Å². The average molecular weight is 384 g/mol. The monoisotopic (exact) mass is 384 g/mol.